The van der Waals surface area contributed by atoms with Gasteiger partial charge in [0.2, 0.25) is 0 Å². The van der Waals surface area contributed by atoms with E-state index in [2.05, 4.69) is 63.2 Å². The molecule has 0 saturated heterocycles. The standard InChI is InChI=1S/C30H20N4O/c1-3-12-27-21(8-1)20-32-34(27)22-9-7-10-23(18-22)35-24-15-16-26-25-11-2-4-13-28(25)33(29(26)19-24)30-14-5-6-17-31-30/h1-20H. The third-order valence-corrected chi connectivity index (χ3v) is 6.30. The van der Waals surface area contributed by atoms with E-state index < -0.39 is 0 Å². The highest BCUT2D eigenvalue weighted by Gasteiger charge is 2.14. The molecule has 0 amide bonds. The van der Waals surface area contributed by atoms with Crippen LogP contribution in [-0.4, -0.2) is 19.3 Å². The number of para-hydroxylation sites is 2. The molecule has 4 aromatic carbocycles. The lowest BCUT2D eigenvalue weighted by Gasteiger charge is -2.10. The van der Waals surface area contributed by atoms with E-state index in [4.69, 9.17) is 4.74 Å². The average Bonchev–Trinajstić information content (AvgIpc) is 3.48. The van der Waals surface area contributed by atoms with E-state index in [0.717, 1.165) is 50.3 Å². The Kier molecular flexibility index (Phi) is 4.39. The molecule has 5 nitrogen and oxygen atoms in total. The summed E-state index contributed by atoms with van der Waals surface area (Å²) in [7, 11) is 0. The van der Waals surface area contributed by atoms with Gasteiger partial charge in [-0.3, -0.25) is 4.57 Å². The Balaban J connectivity index is 1.32. The topological polar surface area (TPSA) is 44.9 Å². The van der Waals surface area contributed by atoms with Crippen LogP contribution < -0.4 is 4.74 Å². The highest BCUT2D eigenvalue weighted by Crippen LogP contribution is 2.35. The van der Waals surface area contributed by atoms with Crippen LogP contribution in [-0.2, 0) is 0 Å². The van der Waals surface area contributed by atoms with Crippen LogP contribution in [0.2, 0.25) is 0 Å². The Labute approximate surface area is 201 Å². The first-order chi connectivity index (χ1) is 17.3. The molecule has 7 aromatic rings. The number of aromatic nitrogens is 4. The number of benzene rings is 4. The zero-order valence-corrected chi connectivity index (χ0v) is 18.7. The lowest BCUT2D eigenvalue weighted by molar-refractivity contribution is 0.483. The SMILES string of the molecule is c1ccc(-n2c3ccccc3c3ccc(Oc4cccc(-n5ncc6ccccc65)c4)cc32)nc1. The lowest BCUT2D eigenvalue weighted by Crippen LogP contribution is -1.97. The van der Waals surface area contributed by atoms with Crippen molar-refractivity contribution in [3.63, 3.8) is 0 Å². The summed E-state index contributed by atoms with van der Waals surface area (Å²) in [4.78, 5) is 4.61. The van der Waals surface area contributed by atoms with Gasteiger partial charge in [0.15, 0.2) is 0 Å². The summed E-state index contributed by atoms with van der Waals surface area (Å²) in [6.07, 6.45) is 3.70. The van der Waals surface area contributed by atoms with Crippen LogP contribution in [0.15, 0.2) is 122 Å². The fraction of sp³-hybridized carbons (Fsp3) is 0. The Hall–Kier alpha value is -4.90. The van der Waals surface area contributed by atoms with Crippen molar-refractivity contribution in [1.29, 1.82) is 0 Å². The molecule has 0 radical (unpaired) electrons. The third-order valence-electron chi connectivity index (χ3n) is 6.30. The highest BCUT2D eigenvalue weighted by molar-refractivity contribution is 6.09. The molecule has 3 heterocycles. The first-order valence-corrected chi connectivity index (χ1v) is 11.5. The number of ether oxygens (including phenoxy) is 1. The summed E-state index contributed by atoms with van der Waals surface area (Å²) in [6, 6.07) is 36.8. The molecule has 0 fully saturated rings. The molecule has 0 aliphatic heterocycles. The minimum Gasteiger partial charge on any atom is -0.457 e. The van der Waals surface area contributed by atoms with Gasteiger partial charge in [-0.15, -0.1) is 0 Å². The van der Waals surface area contributed by atoms with Crippen LogP contribution in [0, 0.1) is 0 Å². The maximum Gasteiger partial charge on any atom is 0.137 e. The smallest absolute Gasteiger partial charge is 0.137 e. The van der Waals surface area contributed by atoms with Gasteiger partial charge in [0.25, 0.3) is 0 Å². The van der Waals surface area contributed by atoms with Crippen molar-refractivity contribution >= 4 is 32.7 Å². The quantitative estimate of drug-likeness (QED) is 0.281. The molecule has 0 N–H and O–H groups in total. The Morgan fingerprint density at radius 1 is 0.600 bits per heavy atom. The van der Waals surface area contributed by atoms with Crippen molar-refractivity contribution in [2.75, 3.05) is 0 Å². The van der Waals surface area contributed by atoms with E-state index in [1.54, 1.807) is 0 Å². The van der Waals surface area contributed by atoms with Crippen LogP contribution >= 0.6 is 0 Å². The van der Waals surface area contributed by atoms with E-state index in [-0.39, 0.29) is 0 Å². The molecule has 166 valence electrons. The van der Waals surface area contributed by atoms with Gasteiger partial charge < -0.3 is 4.74 Å². The van der Waals surface area contributed by atoms with Gasteiger partial charge in [0.1, 0.15) is 17.3 Å². The van der Waals surface area contributed by atoms with Gasteiger partial charge >= 0.3 is 0 Å². The average molecular weight is 453 g/mol. The number of hydrogen-bond donors (Lipinski definition) is 0. The summed E-state index contributed by atoms with van der Waals surface area (Å²) in [5.41, 5.74) is 4.18. The molecular weight excluding hydrogens is 432 g/mol. The molecule has 0 unspecified atom stereocenters. The van der Waals surface area contributed by atoms with E-state index in [0.29, 0.717) is 0 Å². The van der Waals surface area contributed by atoms with Gasteiger partial charge in [-0.25, -0.2) is 9.67 Å². The molecule has 7 rings (SSSR count). The molecular formula is C30H20N4O. The normalized spacial score (nSPS) is 11.4. The molecule has 5 heteroatoms. The van der Waals surface area contributed by atoms with Crippen molar-refractivity contribution in [3.8, 4) is 23.0 Å². The van der Waals surface area contributed by atoms with E-state index >= 15 is 0 Å². The molecule has 0 spiro atoms. The van der Waals surface area contributed by atoms with Crippen molar-refractivity contribution in [3.05, 3.63) is 122 Å². The molecule has 3 aromatic heterocycles. The Morgan fingerprint density at radius 3 is 2.31 bits per heavy atom. The lowest BCUT2D eigenvalue weighted by atomic mass is 10.1. The molecule has 0 atom stereocenters. The zero-order valence-electron chi connectivity index (χ0n) is 18.7. The fourth-order valence-corrected chi connectivity index (χ4v) is 4.74. The van der Waals surface area contributed by atoms with Crippen LogP contribution in [0.3, 0.4) is 0 Å². The summed E-state index contributed by atoms with van der Waals surface area (Å²) in [5.74, 6) is 2.39. The monoisotopic (exact) mass is 452 g/mol. The first-order valence-electron chi connectivity index (χ1n) is 11.5. The van der Waals surface area contributed by atoms with Gasteiger partial charge in [0.05, 0.1) is 28.4 Å². The Morgan fingerprint density at radius 2 is 1.40 bits per heavy atom. The van der Waals surface area contributed by atoms with Crippen molar-refractivity contribution in [2.24, 2.45) is 0 Å². The van der Waals surface area contributed by atoms with Crippen LogP contribution in [0.1, 0.15) is 0 Å². The van der Waals surface area contributed by atoms with Crippen molar-refractivity contribution < 1.29 is 4.74 Å². The number of nitrogens with zero attached hydrogens (tertiary/aromatic N) is 4. The molecule has 0 saturated carbocycles. The van der Waals surface area contributed by atoms with Crippen LogP contribution in [0.25, 0.3) is 44.2 Å². The maximum atomic E-state index is 6.35. The predicted octanol–water partition coefficient (Wildman–Crippen LogP) is 7.31. The molecule has 35 heavy (non-hydrogen) atoms. The Bertz CT molecular complexity index is 1830. The van der Waals surface area contributed by atoms with Crippen LogP contribution in [0.5, 0.6) is 11.5 Å². The summed E-state index contributed by atoms with van der Waals surface area (Å²) in [6.45, 7) is 0. The van der Waals surface area contributed by atoms with Gasteiger partial charge in [-0.1, -0.05) is 48.5 Å². The maximum absolute atomic E-state index is 6.35. The zero-order chi connectivity index (χ0) is 23.2. The second-order valence-electron chi connectivity index (χ2n) is 8.43. The van der Waals surface area contributed by atoms with E-state index in [1.165, 1.54) is 5.39 Å². The largest absolute Gasteiger partial charge is 0.457 e. The second kappa shape index (κ2) is 7.85. The number of rotatable bonds is 4. The summed E-state index contributed by atoms with van der Waals surface area (Å²) < 4.78 is 10.5. The van der Waals surface area contributed by atoms with Gasteiger partial charge in [0, 0.05) is 34.5 Å². The minimum absolute atomic E-state index is 0.752. The molecule has 0 aliphatic carbocycles. The van der Waals surface area contributed by atoms with Gasteiger partial charge in [-0.2, -0.15) is 5.10 Å². The third kappa shape index (κ3) is 3.25. The molecule has 0 bridgehead atoms. The van der Waals surface area contributed by atoms with Gasteiger partial charge in [-0.05, 0) is 48.5 Å². The fourth-order valence-electron chi connectivity index (χ4n) is 4.74. The number of fused-ring (bicyclic) bond motifs is 4. The van der Waals surface area contributed by atoms with E-state index in [1.807, 2.05) is 77.7 Å². The number of pyridine rings is 1. The summed E-state index contributed by atoms with van der Waals surface area (Å²) in [5, 5.41) is 8.03. The minimum atomic E-state index is 0.752. The number of hydrogen-bond acceptors (Lipinski definition) is 3. The summed E-state index contributed by atoms with van der Waals surface area (Å²) >= 11 is 0. The molecule has 0 aliphatic rings. The van der Waals surface area contributed by atoms with Crippen molar-refractivity contribution in [2.45, 2.75) is 0 Å². The van der Waals surface area contributed by atoms with Crippen molar-refractivity contribution in [1.82, 2.24) is 19.3 Å². The second-order valence-corrected chi connectivity index (χ2v) is 8.43. The van der Waals surface area contributed by atoms with E-state index in [9.17, 15) is 0 Å². The first kappa shape index (κ1) is 19.6. The highest BCUT2D eigenvalue weighted by atomic mass is 16.5. The van der Waals surface area contributed by atoms with Crippen LogP contribution in [0.4, 0.5) is 0 Å². The predicted molar refractivity (Wildman–Crippen MR) is 140 cm³/mol.